The molecule has 0 saturated heterocycles. The van der Waals surface area contributed by atoms with Gasteiger partial charge in [0.15, 0.2) is 0 Å². The topological polar surface area (TPSA) is 114 Å². The molecule has 0 aromatic rings. The minimum Gasteiger partial charge on any atom is -0.756 e. The van der Waals surface area contributed by atoms with Gasteiger partial charge in [-0.05, 0) is 96.0 Å². The molecule has 1 amide bonds. The van der Waals surface area contributed by atoms with Crippen LogP contribution in [0, 0.1) is 0 Å². The van der Waals surface area contributed by atoms with Crippen LogP contribution in [0.1, 0.15) is 220 Å². The molecule has 3 unspecified atom stereocenters. The first kappa shape index (κ1) is 68.7. The fourth-order valence-corrected chi connectivity index (χ4v) is 8.26. The smallest absolute Gasteiger partial charge is 0.306 e. The van der Waals surface area contributed by atoms with E-state index in [0.717, 1.165) is 103 Å². The van der Waals surface area contributed by atoms with E-state index in [1.807, 2.05) is 39.4 Å². The maximum Gasteiger partial charge on any atom is 0.306 e. The number of phosphoric ester groups is 1. The molecule has 412 valence electrons. The Hall–Kier alpha value is -3.33. The van der Waals surface area contributed by atoms with E-state index in [9.17, 15) is 19.0 Å². The minimum absolute atomic E-state index is 0.0433. The summed E-state index contributed by atoms with van der Waals surface area (Å²) in [6.45, 7) is 6.61. The third kappa shape index (κ3) is 51.6. The number of hydrogen-bond acceptors (Lipinski definition) is 7. The predicted molar refractivity (Wildman–Crippen MR) is 307 cm³/mol. The van der Waals surface area contributed by atoms with Crippen LogP contribution >= 0.6 is 7.82 Å². The van der Waals surface area contributed by atoms with Gasteiger partial charge in [0.25, 0.3) is 7.82 Å². The summed E-state index contributed by atoms with van der Waals surface area (Å²) in [5, 5.41) is 2.96. The highest BCUT2D eigenvalue weighted by molar-refractivity contribution is 7.45. The zero-order valence-electron chi connectivity index (χ0n) is 46.8. The fourth-order valence-electron chi connectivity index (χ4n) is 7.53. The van der Waals surface area contributed by atoms with Gasteiger partial charge in [0.05, 0.1) is 33.8 Å². The Kier molecular flexibility index (Phi) is 48.8. The third-order valence-corrected chi connectivity index (χ3v) is 12.9. The minimum atomic E-state index is -4.72. The first-order chi connectivity index (χ1) is 34.9. The zero-order chi connectivity index (χ0) is 52.9. The number of amides is 1. The second kappa shape index (κ2) is 51.2. The Balaban J connectivity index is 5.50. The number of allylic oxidation sites excluding steroid dienone is 17. The van der Waals surface area contributed by atoms with Crippen LogP contribution in [0.4, 0.5) is 0 Å². The van der Waals surface area contributed by atoms with Gasteiger partial charge in [0.1, 0.15) is 19.3 Å². The van der Waals surface area contributed by atoms with Crippen LogP contribution in [0.15, 0.2) is 109 Å². The third-order valence-electron chi connectivity index (χ3n) is 12.0. The van der Waals surface area contributed by atoms with Crippen molar-refractivity contribution in [2.45, 2.75) is 232 Å². The van der Waals surface area contributed by atoms with Gasteiger partial charge in [-0.1, -0.05) is 220 Å². The van der Waals surface area contributed by atoms with Crippen LogP contribution in [-0.4, -0.2) is 69.4 Å². The van der Waals surface area contributed by atoms with Crippen molar-refractivity contribution in [2.24, 2.45) is 0 Å². The average Bonchev–Trinajstić information content (AvgIpc) is 3.34. The number of phosphoric acid groups is 1. The maximum absolute atomic E-state index is 13.5. The summed E-state index contributed by atoms with van der Waals surface area (Å²) in [6, 6.07) is -0.939. The van der Waals surface area contributed by atoms with Crippen molar-refractivity contribution in [3.05, 3.63) is 109 Å². The standard InChI is InChI=1S/C62H107N2O7P/c1-7-10-13-16-19-22-25-28-30-31-32-33-35-36-39-42-45-48-51-54-61(65)63-59(58-70-72(67,68)69-57-56-64(4,5)6)60(53-50-47-44-41-38-27-24-21-18-15-12-9-3)71-62(66)55-52-49-46-43-40-37-34-29-26-23-20-17-14-11-8-2/h10,13,19-20,22-23,26,28-30,32-33,36,39,45,48,50,53,59-60H,7-9,11-12,14-18,21,24-25,27,31,34-35,37-38,40-44,46-47,49,51-52,54-58H2,1-6H3,(H-,63,65,67,68)/b13-10-,22-19-,23-20+,29-26+,30-28-,33-32-,39-36-,48-45-,53-50-. The zero-order valence-corrected chi connectivity index (χ0v) is 47.7. The van der Waals surface area contributed by atoms with E-state index in [1.54, 1.807) is 6.08 Å². The first-order valence-electron chi connectivity index (χ1n) is 28.7. The summed E-state index contributed by atoms with van der Waals surface area (Å²) in [7, 11) is 1.12. The predicted octanol–water partition coefficient (Wildman–Crippen LogP) is 16.7. The summed E-state index contributed by atoms with van der Waals surface area (Å²) in [5.41, 5.74) is 0. The van der Waals surface area contributed by atoms with Crippen molar-refractivity contribution in [2.75, 3.05) is 40.9 Å². The van der Waals surface area contributed by atoms with Gasteiger partial charge < -0.3 is 28.5 Å². The van der Waals surface area contributed by atoms with Gasteiger partial charge in [-0.3, -0.25) is 14.2 Å². The Morgan fingerprint density at radius 1 is 0.514 bits per heavy atom. The number of likely N-dealkylation sites (N-methyl/N-ethyl adjacent to an activating group) is 1. The molecule has 0 heterocycles. The Morgan fingerprint density at radius 3 is 1.44 bits per heavy atom. The number of ether oxygens (including phenoxy) is 1. The van der Waals surface area contributed by atoms with E-state index in [2.05, 4.69) is 111 Å². The Labute approximate surface area is 442 Å². The summed E-state index contributed by atoms with van der Waals surface area (Å²) in [6.07, 6.45) is 69.2. The second-order valence-electron chi connectivity index (χ2n) is 20.1. The monoisotopic (exact) mass is 1020 g/mol. The van der Waals surface area contributed by atoms with Crippen LogP contribution in [-0.2, 0) is 27.9 Å². The number of nitrogens with one attached hydrogen (secondary N) is 1. The summed E-state index contributed by atoms with van der Waals surface area (Å²) >= 11 is 0. The fraction of sp³-hybridized carbons (Fsp3) is 0.677. The molecule has 0 bridgehead atoms. The molecule has 0 radical (unpaired) electrons. The number of nitrogens with zero attached hydrogens (tertiary/aromatic N) is 1. The van der Waals surface area contributed by atoms with Gasteiger partial charge in [0, 0.05) is 12.8 Å². The molecule has 72 heavy (non-hydrogen) atoms. The van der Waals surface area contributed by atoms with Crippen molar-refractivity contribution < 1.29 is 37.3 Å². The summed E-state index contributed by atoms with van der Waals surface area (Å²) in [4.78, 5) is 39.8. The van der Waals surface area contributed by atoms with Crippen LogP contribution in [0.5, 0.6) is 0 Å². The molecule has 0 aromatic heterocycles. The Bertz CT molecular complexity index is 1600. The van der Waals surface area contributed by atoms with Gasteiger partial charge in [-0.15, -0.1) is 0 Å². The lowest BCUT2D eigenvalue weighted by Crippen LogP contribution is -2.47. The van der Waals surface area contributed by atoms with Gasteiger partial charge in [0.2, 0.25) is 5.91 Å². The van der Waals surface area contributed by atoms with Crippen molar-refractivity contribution >= 4 is 19.7 Å². The SMILES string of the molecule is CC/C=C\C/C=C\C/C=C\C/C=C\C/C=C\C/C=C\CCC(=O)NC(COP(=O)([O-])OCC[N+](C)(C)C)C(/C=C\CCCCCCCCCCCC)OC(=O)CCCCCCCC/C=C/C=C/CCCCC. The first-order valence-corrected chi connectivity index (χ1v) is 30.2. The normalized spacial score (nSPS) is 14.6. The molecular formula is C62H107N2O7P. The molecule has 0 spiro atoms. The van der Waals surface area contributed by atoms with Gasteiger partial charge >= 0.3 is 5.97 Å². The van der Waals surface area contributed by atoms with E-state index in [0.29, 0.717) is 23.9 Å². The van der Waals surface area contributed by atoms with Gasteiger partial charge in [-0.25, -0.2) is 0 Å². The molecule has 0 rings (SSSR count). The number of esters is 1. The van der Waals surface area contributed by atoms with Crippen molar-refractivity contribution in [1.29, 1.82) is 0 Å². The molecule has 0 aliphatic rings. The van der Waals surface area contributed by atoms with Gasteiger partial charge in [-0.2, -0.15) is 0 Å². The van der Waals surface area contributed by atoms with Crippen LogP contribution < -0.4 is 10.2 Å². The molecule has 0 aliphatic carbocycles. The number of unbranched alkanes of at least 4 members (excludes halogenated alkanes) is 19. The van der Waals surface area contributed by atoms with Crippen molar-refractivity contribution in [3.63, 3.8) is 0 Å². The molecule has 1 N–H and O–H groups in total. The second-order valence-corrected chi connectivity index (χ2v) is 21.5. The van der Waals surface area contributed by atoms with E-state index in [1.165, 1.54) is 70.6 Å². The molecule has 0 fully saturated rings. The molecular weight excluding hydrogens is 916 g/mol. The number of rotatable bonds is 50. The summed E-state index contributed by atoms with van der Waals surface area (Å²) < 4.78 is 30.2. The van der Waals surface area contributed by atoms with E-state index in [-0.39, 0.29) is 31.3 Å². The van der Waals surface area contributed by atoms with E-state index in [4.69, 9.17) is 13.8 Å². The molecule has 9 nitrogen and oxygen atoms in total. The average molecular weight is 1020 g/mol. The molecule has 10 heteroatoms. The molecule has 0 aromatic carbocycles. The van der Waals surface area contributed by atoms with Crippen molar-refractivity contribution in [1.82, 2.24) is 5.32 Å². The highest BCUT2D eigenvalue weighted by Crippen LogP contribution is 2.38. The molecule has 0 saturated carbocycles. The van der Waals surface area contributed by atoms with E-state index >= 15 is 0 Å². The lowest BCUT2D eigenvalue weighted by atomic mass is 10.1. The number of carbonyl (C=O) groups is 2. The van der Waals surface area contributed by atoms with Crippen LogP contribution in [0.25, 0.3) is 0 Å². The lowest BCUT2D eigenvalue weighted by molar-refractivity contribution is -0.870. The molecule has 0 aliphatic heterocycles. The van der Waals surface area contributed by atoms with Crippen molar-refractivity contribution in [3.8, 4) is 0 Å². The number of quaternary nitrogens is 1. The summed E-state index contributed by atoms with van der Waals surface area (Å²) in [5.74, 6) is -0.661. The maximum atomic E-state index is 13.5. The number of carbonyl (C=O) groups excluding carboxylic acids is 2. The number of hydrogen-bond donors (Lipinski definition) is 1. The largest absolute Gasteiger partial charge is 0.756 e. The quantitative estimate of drug-likeness (QED) is 0.0161. The highest BCUT2D eigenvalue weighted by Gasteiger charge is 2.27. The Morgan fingerprint density at radius 2 is 0.944 bits per heavy atom. The molecule has 3 atom stereocenters. The van der Waals surface area contributed by atoms with Crippen LogP contribution in [0.2, 0.25) is 0 Å². The lowest BCUT2D eigenvalue weighted by Gasteiger charge is -2.30. The van der Waals surface area contributed by atoms with Crippen LogP contribution in [0.3, 0.4) is 0 Å². The highest BCUT2D eigenvalue weighted by atomic mass is 31.2. The van der Waals surface area contributed by atoms with E-state index < -0.39 is 26.6 Å².